The van der Waals surface area contributed by atoms with Crippen LogP contribution in [0, 0.1) is 5.92 Å². The molecule has 0 fully saturated rings. The van der Waals surface area contributed by atoms with Gasteiger partial charge in [-0.2, -0.15) is 8.78 Å². The average Bonchev–Trinajstić information content (AvgIpc) is 2.38. The fourth-order valence-corrected chi connectivity index (χ4v) is 1.69. The fourth-order valence-electron chi connectivity index (χ4n) is 1.69. The van der Waals surface area contributed by atoms with E-state index in [0.29, 0.717) is 6.42 Å². The van der Waals surface area contributed by atoms with Crippen LogP contribution in [0.25, 0.3) is 0 Å². The molecule has 1 heterocycles. The summed E-state index contributed by atoms with van der Waals surface area (Å²) in [5, 5.41) is 11.2. The van der Waals surface area contributed by atoms with E-state index in [1.165, 1.54) is 18.3 Å². The summed E-state index contributed by atoms with van der Waals surface area (Å²) in [6.45, 7) is 3.39. The maximum Gasteiger partial charge on any atom is 0.366 e. The topological polar surface area (TPSA) is 62.2 Å². The van der Waals surface area contributed by atoms with Crippen molar-refractivity contribution in [3.63, 3.8) is 0 Å². The molecule has 6 heteroatoms. The van der Waals surface area contributed by atoms with Gasteiger partial charge in [-0.1, -0.05) is 19.9 Å². The largest absolute Gasteiger partial charge is 0.394 e. The average molecular weight is 272 g/mol. The lowest BCUT2D eigenvalue weighted by Crippen LogP contribution is -2.46. The van der Waals surface area contributed by atoms with E-state index in [1.807, 2.05) is 13.8 Å². The van der Waals surface area contributed by atoms with Crippen LogP contribution in [0.3, 0.4) is 0 Å². The molecular weight excluding hydrogens is 254 g/mol. The first-order valence-corrected chi connectivity index (χ1v) is 6.09. The Morgan fingerprint density at radius 1 is 1.47 bits per heavy atom. The molecule has 1 aromatic rings. The predicted octanol–water partition coefficient (Wildman–Crippen LogP) is 1.70. The molecule has 0 bridgehead atoms. The Morgan fingerprint density at radius 2 is 2.16 bits per heavy atom. The highest BCUT2D eigenvalue weighted by molar-refractivity contribution is 5.84. The number of carbonyl (C=O) groups is 1. The van der Waals surface area contributed by atoms with Gasteiger partial charge in [-0.25, -0.2) is 0 Å². The first kappa shape index (κ1) is 15.5. The first-order valence-electron chi connectivity index (χ1n) is 6.09. The van der Waals surface area contributed by atoms with E-state index in [9.17, 15) is 13.6 Å². The molecule has 0 saturated heterocycles. The summed E-state index contributed by atoms with van der Waals surface area (Å²) in [6, 6.07) is 3.30. The van der Waals surface area contributed by atoms with Crippen LogP contribution in [0.1, 0.15) is 26.0 Å². The summed E-state index contributed by atoms with van der Waals surface area (Å²) < 4.78 is 27.7. The quantitative estimate of drug-likeness (QED) is 0.828. The van der Waals surface area contributed by atoms with E-state index >= 15 is 0 Å². The molecule has 0 radical (unpaired) electrons. The molecule has 0 saturated carbocycles. The normalized spacial score (nSPS) is 13.4. The standard InChI is InChI=1S/C13H18F2N2O2/c1-9(2)7-10(8-18)17-12(19)13(14,15)11-5-3-4-6-16-11/h3-6,9-10,18H,7-8H2,1-2H3,(H,17,19). The SMILES string of the molecule is CC(C)CC(CO)NC(=O)C(F)(F)c1ccccn1. The number of aliphatic hydroxyl groups is 1. The summed E-state index contributed by atoms with van der Waals surface area (Å²) in [6.07, 6.45) is 1.63. The van der Waals surface area contributed by atoms with Gasteiger partial charge in [-0.3, -0.25) is 9.78 Å². The molecule has 0 spiro atoms. The Hall–Kier alpha value is -1.56. The number of nitrogens with zero attached hydrogens (tertiary/aromatic N) is 1. The van der Waals surface area contributed by atoms with E-state index in [1.54, 1.807) is 0 Å². The highest BCUT2D eigenvalue weighted by atomic mass is 19.3. The number of carbonyl (C=O) groups excluding carboxylic acids is 1. The minimum absolute atomic E-state index is 0.181. The molecule has 1 aromatic heterocycles. The lowest BCUT2D eigenvalue weighted by molar-refractivity contribution is -0.148. The Morgan fingerprint density at radius 3 is 2.63 bits per heavy atom. The minimum atomic E-state index is -3.70. The fraction of sp³-hybridized carbons (Fsp3) is 0.538. The van der Waals surface area contributed by atoms with Crippen molar-refractivity contribution in [3.05, 3.63) is 30.1 Å². The maximum atomic E-state index is 13.8. The van der Waals surface area contributed by atoms with Gasteiger partial charge in [0.15, 0.2) is 0 Å². The van der Waals surface area contributed by atoms with E-state index in [0.717, 1.165) is 6.07 Å². The smallest absolute Gasteiger partial charge is 0.366 e. The maximum absolute atomic E-state index is 13.8. The van der Waals surface area contributed by atoms with Crippen molar-refractivity contribution in [1.29, 1.82) is 0 Å². The van der Waals surface area contributed by atoms with Gasteiger partial charge in [0.1, 0.15) is 5.69 Å². The molecule has 0 aromatic carbocycles. The highest BCUT2D eigenvalue weighted by Crippen LogP contribution is 2.26. The number of amides is 1. The molecular formula is C13H18F2N2O2. The molecule has 1 atom stereocenters. The van der Waals surface area contributed by atoms with Gasteiger partial charge in [-0.15, -0.1) is 0 Å². The number of pyridine rings is 1. The van der Waals surface area contributed by atoms with Crippen LogP contribution >= 0.6 is 0 Å². The molecule has 0 aliphatic heterocycles. The van der Waals surface area contributed by atoms with Crippen LogP contribution < -0.4 is 5.32 Å². The molecule has 106 valence electrons. The monoisotopic (exact) mass is 272 g/mol. The number of alkyl halides is 2. The number of rotatable bonds is 6. The summed E-state index contributed by atoms with van der Waals surface area (Å²) >= 11 is 0. The van der Waals surface area contributed by atoms with Crippen LogP contribution in [0.15, 0.2) is 24.4 Å². The van der Waals surface area contributed by atoms with Crippen molar-refractivity contribution >= 4 is 5.91 Å². The molecule has 2 N–H and O–H groups in total. The number of nitrogens with one attached hydrogen (secondary N) is 1. The van der Waals surface area contributed by atoms with Crippen molar-refractivity contribution in [2.75, 3.05) is 6.61 Å². The number of aromatic nitrogens is 1. The van der Waals surface area contributed by atoms with Crippen molar-refractivity contribution in [2.24, 2.45) is 5.92 Å². The Balaban J connectivity index is 2.76. The number of hydrogen-bond acceptors (Lipinski definition) is 3. The van der Waals surface area contributed by atoms with Crippen molar-refractivity contribution in [1.82, 2.24) is 10.3 Å². The Labute approximate surface area is 110 Å². The van der Waals surface area contributed by atoms with Gasteiger partial charge in [0, 0.05) is 6.20 Å². The van der Waals surface area contributed by atoms with Gasteiger partial charge in [-0.05, 0) is 24.5 Å². The van der Waals surface area contributed by atoms with Crippen molar-refractivity contribution in [3.8, 4) is 0 Å². The highest BCUT2D eigenvalue weighted by Gasteiger charge is 2.43. The lowest BCUT2D eigenvalue weighted by Gasteiger charge is -2.22. The van der Waals surface area contributed by atoms with E-state index in [4.69, 9.17) is 5.11 Å². The number of aliphatic hydroxyl groups excluding tert-OH is 1. The van der Waals surface area contributed by atoms with Gasteiger partial charge in [0.05, 0.1) is 12.6 Å². The van der Waals surface area contributed by atoms with Crippen LogP contribution in [0.2, 0.25) is 0 Å². The summed E-state index contributed by atoms with van der Waals surface area (Å²) in [7, 11) is 0. The van der Waals surface area contributed by atoms with Gasteiger partial charge >= 0.3 is 5.92 Å². The first-order chi connectivity index (χ1) is 8.87. The second kappa shape index (κ2) is 6.56. The number of halogens is 2. The van der Waals surface area contributed by atoms with Gasteiger partial charge in [0.25, 0.3) is 5.91 Å². The summed E-state index contributed by atoms with van der Waals surface area (Å²) in [5.41, 5.74) is -0.603. The zero-order valence-electron chi connectivity index (χ0n) is 10.9. The second-order valence-corrected chi connectivity index (χ2v) is 4.77. The minimum Gasteiger partial charge on any atom is -0.394 e. The zero-order valence-corrected chi connectivity index (χ0v) is 10.9. The summed E-state index contributed by atoms with van der Waals surface area (Å²) in [5.74, 6) is -4.96. The van der Waals surface area contributed by atoms with Crippen molar-refractivity contribution < 1.29 is 18.7 Å². The number of hydrogen-bond donors (Lipinski definition) is 2. The molecule has 0 aliphatic rings. The van der Waals surface area contributed by atoms with Crippen LogP contribution in [-0.2, 0) is 10.7 Å². The van der Waals surface area contributed by atoms with Gasteiger partial charge < -0.3 is 10.4 Å². The van der Waals surface area contributed by atoms with E-state index < -0.39 is 23.6 Å². The molecule has 19 heavy (non-hydrogen) atoms. The molecule has 4 nitrogen and oxygen atoms in total. The lowest BCUT2D eigenvalue weighted by atomic mass is 10.0. The second-order valence-electron chi connectivity index (χ2n) is 4.77. The van der Waals surface area contributed by atoms with E-state index in [-0.39, 0.29) is 12.5 Å². The molecule has 1 amide bonds. The third kappa shape index (κ3) is 4.24. The molecule has 1 unspecified atom stereocenters. The summed E-state index contributed by atoms with van der Waals surface area (Å²) in [4.78, 5) is 15.1. The third-order valence-electron chi connectivity index (χ3n) is 2.58. The van der Waals surface area contributed by atoms with Crippen LogP contribution in [0.4, 0.5) is 8.78 Å². The van der Waals surface area contributed by atoms with Gasteiger partial charge in [0.2, 0.25) is 0 Å². The Bertz CT molecular complexity index is 410. The zero-order chi connectivity index (χ0) is 14.5. The van der Waals surface area contributed by atoms with Crippen LogP contribution in [0.5, 0.6) is 0 Å². The van der Waals surface area contributed by atoms with Crippen LogP contribution in [-0.4, -0.2) is 28.6 Å². The molecule has 0 aliphatic carbocycles. The van der Waals surface area contributed by atoms with Crippen molar-refractivity contribution in [2.45, 2.75) is 32.2 Å². The van der Waals surface area contributed by atoms with E-state index in [2.05, 4.69) is 10.3 Å². The predicted molar refractivity (Wildman–Crippen MR) is 66.6 cm³/mol. The Kier molecular flexibility index (Phi) is 5.35. The molecule has 1 rings (SSSR count). The third-order valence-corrected chi connectivity index (χ3v) is 2.58.